The first kappa shape index (κ1) is 34.2. The second-order valence-corrected chi connectivity index (χ2v) is 15.2. The number of thiazole rings is 2. The molecule has 266 valence electrons. The molecule has 0 unspecified atom stereocenters. The largest absolute Gasteiger partial charge is 0.494 e. The first-order chi connectivity index (χ1) is 25.5. The average molecular weight is 734 g/mol. The summed E-state index contributed by atoms with van der Waals surface area (Å²) < 4.78 is 12.5. The summed E-state index contributed by atoms with van der Waals surface area (Å²) in [4.78, 5) is 40.3. The van der Waals surface area contributed by atoms with Gasteiger partial charge in [0.05, 0.1) is 30.0 Å². The number of rotatable bonds is 12. The summed E-state index contributed by atoms with van der Waals surface area (Å²) in [7, 11) is 0. The molecule has 10 nitrogen and oxygen atoms in total. The number of para-hydroxylation sites is 1. The Kier molecular flexibility index (Phi) is 10.1. The first-order valence-electron chi connectivity index (χ1n) is 17.7. The highest BCUT2D eigenvalue weighted by Crippen LogP contribution is 2.34. The number of nitrogens with one attached hydrogen (secondary N) is 1. The number of fused-ring (bicyclic) bond motifs is 3. The summed E-state index contributed by atoms with van der Waals surface area (Å²) in [6.45, 7) is 6.45. The molecular weight excluding hydrogens is 695 g/mol. The van der Waals surface area contributed by atoms with E-state index < -0.39 is 5.97 Å². The summed E-state index contributed by atoms with van der Waals surface area (Å²) in [5.74, 6) is -0.365. The molecule has 0 saturated carbocycles. The van der Waals surface area contributed by atoms with Gasteiger partial charge < -0.3 is 19.5 Å². The number of carbonyl (C=O) groups is 2. The third kappa shape index (κ3) is 7.65. The van der Waals surface area contributed by atoms with Crippen LogP contribution in [0, 0.1) is 0 Å². The Morgan fingerprint density at radius 3 is 2.62 bits per heavy atom. The topological polar surface area (TPSA) is 117 Å². The third-order valence-corrected chi connectivity index (χ3v) is 11.8. The van der Waals surface area contributed by atoms with Crippen molar-refractivity contribution in [1.29, 1.82) is 0 Å². The number of aromatic carboxylic acids is 1. The van der Waals surface area contributed by atoms with Gasteiger partial charge in [-0.2, -0.15) is 0 Å². The van der Waals surface area contributed by atoms with Crippen molar-refractivity contribution in [2.24, 2.45) is 0 Å². The van der Waals surface area contributed by atoms with Gasteiger partial charge in [-0.25, -0.2) is 14.8 Å². The number of nitrogens with zero attached hydrogens (tertiary/aromatic N) is 4. The second-order valence-electron chi connectivity index (χ2n) is 13.1. The summed E-state index contributed by atoms with van der Waals surface area (Å²) >= 11 is 2.88. The quantitative estimate of drug-likeness (QED) is 0.125. The molecule has 4 heterocycles. The Morgan fingerprint density at radius 2 is 1.75 bits per heavy atom. The fourth-order valence-corrected chi connectivity index (χ4v) is 8.87. The van der Waals surface area contributed by atoms with E-state index in [0.717, 1.165) is 94.0 Å². The van der Waals surface area contributed by atoms with Gasteiger partial charge >= 0.3 is 5.97 Å². The van der Waals surface area contributed by atoms with Gasteiger partial charge in [-0.15, -0.1) is 11.3 Å². The van der Waals surface area contributed by atoms with Gasteiger partial charge in [-0.3, -0.25) is 15.0 Å². The van der Waals surface area contributed by atoms with E-state index in [-0.39, 0.29) is 11.6 Å². The van der Waals surface area contributed by atoms with Crippen LogP contribution in [0.2, 0.25) is 0 Å². The van der Waals surface area contributed by atoms with Gasteiger partial charge in [-0.05, 0) is 83.5 Å². The van der Waals surface area contributed by atoms with Crippen LogP contribution in [0.25, 0.3) is 21.0 Å². The number of carbonyl (C=O) groups excluding carboxylic acids is 1. The standard InChI is InChI=1S/C40H39N5O5S2/c46-37(43-39-41-33-7-1-2-8-34(33)51-39)31-6-3-5-27-15-17-45(25-32(27)31)40-42-36(38(47)48)35(52-40)14-10-26-9-11-29-24-30(13-12-28(29)23-26)50-20-4-16-44-18-21-49-22-19-44/h1-3,5-9,11-13,23-24H,4,10,14-22,25H2,(H,47,48)(H,41,43,46). The average Bonchev–Trinajstić information content (AvgIpc) is 3.80. The van der Waals surface area contributed by atoms with Crippen molar-refractivity contribution >= 4 is 65.8 Å². The zero-order valence-electron chi connectivity index (χ0n) is 28.7. The molecule has 1 saturated heterocycles. The zero-order valence-corrected chi connectivity index (χ0v) is 30.3. The lowest BCUT2D eigenvalue weighted by molar-refractivity contribution is 0.0358. The molecule has 12 heteroatoms. The van der Waals surface area contributed by atoms with E-state index in [0.29, 0.717) is 48.4 Å². The highest BCUT2D eigenvalue weighted by atomic mass is 32.1. The zero-order chi connectivity index (χ0) is 35.4. The van der Waals surface area contributed by atoms with Crippen molar-refractivity contribution in [3.05, 3.63) is 112 Å². The SMILES string of the molecule is O=C(Nc1nc2ccccc2s1)c1cccc2c1CN(c1nc(C(=O)O)c(CCc3ccc4cc(OCCCN5CCOCC5)ccc4c3)s1)CC2. The number of hydrogen-bond donors (Lipinski definition) is 2. The van der Waals surface area contributed by atoms with E-state index in [1.165, 1.54) is 22.7 Å². The molecule has 0 aliphatic carbocycles. The number of hydrogen-bond acceptors (Lipinski definition) is 10. The van der Waals surface area contributed by atoms with Crippen LogP contribution in [-0.2, 0) is 30.5 Å². The lowest BCUT2D eigenvalue weighted by Crippen LogP contribution is -2.37. The van der Waals surface area contributed by atoms with Gasteiger partial charge in [0.25, 0.3) is 5.91 Å². The van der Waals surface area contributed by atoms with Crippen LogP contribution >= 0.6 is 22.7 Å². The number of amides is 1. The van der Waals surface area contributed by atoms with Crippen molar-refractivity contribution in [1.82, 2.24) is 14.9 Å². The molecule has 0 bridgehead atoms. The monoisotopic (exact) mass is 733 g/mol. The molecule has 0 radical (unpaired) electrons. The predicted octanol–water partition coefficient (Wildman–Crippen LogP) is 7.31. The first-order valence-corrected chi connectivity index (χ1v) is 19.3. The number of aryl methyl sites for hydroxylation is 2. The number of carboxylic acid groups (broad SMARTS) is 1. The molecule has 2 aliphatic heterocycles. The van der Waals surface area contributed by atoms with Gasteiger partial charge in [-0.1, -0.05) is 59.9 Å². The van der Waals surface area contributed by atoms with Crippen LogP contribution < -0.4 is 15.0 Å². The molecule has 6 aromatic rings. The summed E-state index contributed by atoms with van der Waals surface area (Å²) in [6.07, 6.45) is 2.96. The molecule has 4 aromatic carbocycles. The van der Waals surface area contributed by atoms with Crippen LogP contribution in [0.15, 0.2) is 78.9 Å². The van der Waals surface area contributed by atoms with E-state index in [1.54, 1.807) is 0 Å². The maximum Gasteiger partial charge on any atom is 0.355 e. The Morgan fingerprint density at radius 1 is 0.904 bits per heavy atom. The van der Waals surface area contributed by atoms with Crippen molar-refractivity contribution in [3.63, 3.8) is 0 Å². The van der Waals surface area contributed by atoms with Crippen LogP contribution in [0.3, 0.4) is 0 Å². The number of morpholine rings is 1. The van der Waals surface area contributed by atoms with E-state index in [4.69, 9.17) is 9.47 Å². The van der Waals surface area contributed by atoms with Crippen molar-refractivity contribution in [3.8, 4) is 5.75 Å². The number of carboxylic acids is 1. The van der Waals surface area contributed by atoms with E-state index in [1.807, 2.05) is 42.5 Å². The fourth-order valence-electron chi connectivity index (χ4n) is 6.94. The van der Waals surface area contributed by atoms with Crippen LogP contribution in [-0.4, -0.2) is 77.9 Å². The normalized spacial score (nSPS) is 14.8. The van der Waals surface area contributed by atoms with Crippen molar-refractivity contribution in [2.45, 2.75) is 32.2 Å². The number of aromatic nitrogens is 2. The number of anilines is 2. The highest BCUT2D eigenvalue weighted by molar-refractivity contribution is 7.22. The van der Waals surface area contributed by atoms with E-state index in [2.05, 4.69) is 61.5 Å². The van der Waals surface area contributed by atoms with Crippen molar-refractivity contribution in [2.75, 3.05) is 56.2 Å². The maximum atomic E-state index is 13.5. The smallest absolute Gasteiger partial charge is 0.355 e. The summed E-state index contributed by atoms with van der Waals surface area (Å²) in [5.41, 5.74) is 4.72. The third-order valence-electron chi connectivity index (χ3n) is 9.70. The summed E-state index contributed by atoms with van der Waals surface area (Å²) in [6, 6.07) is 26.2. The minimum atomic E-state index is -1.03. The molecule has 0 spiro atoms. The Balaban J connectivity index is 0.917. The molecule has 2 aliphatic rings. The van der Waals surface area contributed by atoms with Gasteiger partial charge in [0.2, 0.25) is 0 Å². The second kappa shape index (κ2) is 15.4. The van der Waals surface area contributed by atoms with Crippen LogP contribution in [0.1, 0.15) is 48.8 Å². The van der Waals surface area contributed by atoms with Gasteiger partial charge in [0.15, 0.2) is 16.0 Å². The fraction of sp³-hybridized carbons (Fsp3) is 0.300. The molecule has 52 heavy (non-hydrogen) atoms. The maximum absolute atomic E-state index is 13.5. The van der Waals surface area contributed by atoms with Gasteiger partial charge in [0, 0.05) is 43.2 Å². The molecule has 1 fully saturated rings. The minimum absolute atomic E-state index is 0.101. The molecule has 2 N–H and O–H groups in total. The Labute approximate surface area is 309 Å². The number of benzene rings is 4. The summed E-state index contributed by atoms with van der Waals surface area (Å²) in [5, 5.41) is 16.5. The molecular formula is C40H39N5O5S2. The van der Waals surface area contributed by atoms with Crippen LogP contribution in [0.4, 0.5) is 10.3 Å². The van der Waals surface area contributed by atoms with E-state index >= 15 is 0 Å². The van der Waals surface area contributed by atoms with E-state index in [9.17, 15) is 14.7 Å². The van der Waals surface area contributed by atoms with Crippen molar-refractivity contribution < 1.29 is 24.2 Å². The Hall–Kier alpha value is -4.88. The number of ether oxygens (including phenoxy) is 2. The highest BCUT2D eigenvalue weighted by Gasteiger charge is 2.27. The lowest BCUT2D eigenvalue weighted by Gasteiger charge is -2.29. The van der Waals surface area contributed by atoms with Crippen LogP contribution in [0.5, 0.6) is 5.75 Å². The molecule has 2 aromatic heterocycles. The molecule has 0 atom stereocenters. The predicted molar refractivity (Wildman–Crippen MR) is 207 cm³/mol. The Bertz CT molecular complexity index is 2210. The minimum Gasteiger partial charge on any atom is -0.494 e. The molecule has 1 amide bonds. The lowest BCUT2D eigenvalue weighted by atomic mass is 9.94. The molecule has 8 rings (SSSR count). The van der Waals surface area contributed by atoms with Gasteiger partial charge in [0.1, 0.15) is 5.75 Å².